The molecule has 30 heavy (non-hydrogen) atoms. The summed E-state index contributed by atoms with van der Waals surface area (Å²) in [6.45, 7) is 5.76. The second-order valence-corrected chi connectivity index (χ2v) is 8.29. The molecule has 0 bridgehead atoms. The first-order valence-electron chi connectivity index (χ1n) is 9.36. The maximum Gasteiger partial charge on any atom is 0.350 e. The molecule has 0 saturated heterocycles. The SMILES string of the molecule is CCOC(=O)c1sc(NC(=O)CSc2nc3ccc(CC)cc3cc2C#N)nc1C. The number of carbonyl (C=O) groups excluding carboxylic acids is 2. The number of nitrogens with one attached hydrogen (secondary N) is 1. The third-order valence-electron chi connectivity index (χ3n) is 4.22. The van der Waals surface area contributed by atoms with Crippen molar-refractivity contribution in [3.63, 3.8) is 0 Å². The molecule has 1 aromatic carbocycles. The van der Waals surface area contributed by atoms with Gasteiger partial charge in [0.1, 0.15) is 16.0 Å². The topological polar surface area (TPSA) is 105 Å². The van der Waals surface area contributed by atoms with Gasteiger partial charge in [-0.25, -0.2) is 14.8 Å². The number of thioether (sulfide) groups is 1. The van der Waals surface area contributed by atoms with Crippen molar-refractivity contribution in [1.29, 1.82) is 5.26 Å². The van der Waals surface area contributed by atoms with Gasteiger partial charge in [0.15, 0.2) is 5.13 Å². The largest absolute Gasteiger partial charge is 0.462 e. The van der Waals surface area contributed by atoms with Crippen LogP contribution in [0.15, 0.2) is 29.3 Å². The van der Waals surface area contributed by atoms with E-state index in [1.165, 1.54) is 17.3 Å². The average molecular weight is 441 g/mol. The molecule has 3 rings (SSSR count). The van der Waals surface area contributed by atoms with E-state index in [0.717, 1.165) is 28.7 Å². The Bertz CT molecular complexity index is 1150. The molecule has 9 heteroatoms. The Balaban J connectivity index is 1.70. The second kappa shape index (κ2) is 9.69. The quantitative estimate of drug-likeness (QED) is 0.430. The molecule has 0 spiro atoms. The molecule has 2 heterocycles. The minimum absolute atomic E-state index is 0.0631. The molecule has 0 radical (unpaired) electrons. The van der Waals surface area contributed by atoms with Crippen LogP contribution in [-0.4, -0.2) is 34.2 Å². The third kappa shape index (κ3) is 4.96. The molecule has 2 aromatic heterocycles. The summed E-state index contributed by atoms with van der Waals surface area (Å²) >= 11 is 2.26. The van der Waals surface area contributed by atoms with E-state index in [4.69, 9.17) is 4.74 Å². The highest BCUT2D eigenvalue weighted by atomic mass is 32.2. The molecule has 7 nitrogen and oxygen atoms in total. The summed E-state index contributed by atoms with van der Waals surface area (Å²) in [5, 5.41) is 13.9. The predicted molar refractivity (Wildman–Crippen MR) is 118 cm³/mol. The van der Waals surface area contributed by atoms with E-state index in [9.17, 15) is 14.9 Å². The fourth-order valence-electron chi connectivity index (χ4n) is 2.74. The zero-order valence-corrected chi connectivity index (χ0v) is 18.4. The van der Waals surface area contributed by atoms with Crippen molar-refractivity contribution >= 4 is 51.0 Å². The number of ether oxygens (including phenoxy) is 1. The van der Waals surface area contributed by atoms with Gasteiger partial charge < -0.3 is 10.1 Å². The molecule has 0 fully saturated rings. The van der Waals surface area contributed by atoms with Gasteiger partial charge in [-0.05, 0) is 44.0 Å². The molecule has 0 unspecified atom stereocenters. The van der Waals surface area contributed by atoms with Crippen LogP contribution in [0.3, 0.4) is 0 Å². The highest BCUT2D eigenvalue weighted by Crippen LogP contribution is 2.27. The molecule has 0 saturated carbocycles. The summed E-state index contributed by atoms with van der Waals surface area (Å²) in [6, 6.07) is 9.92. The Hall–Kier alpha value is -2.96. The molecule has 0 aliphatic rings. The van der Waals surface area contributed by atoms with E-state index >= 15 is 0 Å². The van der Waals surface area contributed by atoms with Gasteiger partial charge in [0.25, 0.3) is 0 Å². The lowest BCUT2D eigenvalue weighted by molar-refractivity contribution is -0.113. The van der Waals surface area contributed by atoms with Crippen LogP contribution in [0.4, 0.5) is 5.13 Å². The molecule has 0 atom stereocenters. The normalized spacial score (nSPS) is 10.6. The number of fused-ring (bicyclic) bond motifs is 1. The zero-order chi connectivity index (χ0) is 21.7. The standard InChI is InChI=1S/C21H20N4O3S2/c1-4-13-6-7-16-14(8-13)9-15(10-22)19(24-16)29-11-17(26)25-21-23-12(3)18(30-21)20(27)28-5-2/h6-9H,4-5,11H2,1-3H3,(H,23,25,26). The third-order valence-corrected chi connectivity index (χ3v) is 6.26. The van der Waals surface area contributed by atoms with Crippen LogP contribution < -0.4 is 5.32 Å². The molecule has 1 amide bonds. The maximum atomic E-state index is 12.4. The minimum Gasteiger partial charge on any atom is -0.462 e. The Labute approximate surface area is 182 Å². The van der Waals surface area contributed by atoms with Crippen LogP contribution in [0, 0.1) is 18.3 Å². The summed E-state index contributed by atoms with van der Waals surface area (Å²) < 4.78 is 4.98. The predicted octanol–water partition coefficient (Wildman–Crippen LogP) is 4.34. The van der Waals surface area contributed by atoms with Crippen molar-refractivity contribution < 1.29 is 14.3 Å². The fourth-order valence-corrected chi connectivity index (χ4v) is 4.38. The number of benzene rings is 1. The molecule has 3 aromatic rings. The average Bonchev–Trinajstić information content (AvgIpc) is 3.11. The van der Waals surface area contributed by atoms with E-state index in [0.29, 0.717) is 26.3 Å². The Morgan fingerprint density at radius 2 is 2.07 bits per heavy atom. The van der Waals surface area contributed by atoms with Crippen molar-refractivity contribution in [2.75, 3.05) is 17.7 Å². The number of hydrogen-bond donors (Lipinski definition) is 1. The van der Waals surface area contributed by atoms with E-state index < -0.39 is 5.97 Å². The number of anilines is 1. The molecule has 154 valence electrons. The number of esters is 1. The number of nitriles is 1. The zero-order valence-electron chi connectivity index (χ0n) is 16.8. The molecule has 0 aliphatic carbocycles. The summed E-state index contributed by atoms with van der Waals surface area (Å²) in [5.74, 6) is -0.683. The van der Waals surface area contributed by atoms with Crippen LogP contribution in [0.2, 0.25) is 0 Å². The number of amides is 1. The number of aryl methyl sites for hydroxylation is 2. The number of carbonyl (C=O) groups is 2. The fraction of sp³-hybridized carbons (Fsp3) is 0.286. The van der Waals surface area contributed by atoms with Crippen LogP contribution in [-0.2, 0) is 16.0 Å². The number of thiazole rings is 1. The lowest BCUT2D eigenvalue weighted by Crippen LogP contribution is -2.14. The Kier molecular flexibility index (Phi) is 7.03. The lowest BCUT2D eigenvalue weighted by Gasteiger charge is -2.07. The Morgan fingerprint density at radius 3 is 2.77 bits per heavy atom. The van der Waals surface area contributed by atoms with Crippen LogP contribution >= 0.6 is 23.1 Å². The molecular formula is C21H20N4O3S2. The maximum absolute atomic E-state index is 12.4. The number of nitrogens with zero attached hydrogens (tertiary/aromatic N) is 3. The minimum atomic E-state index is -0.451. The van der Waals surface area contributed by atoms with Crippen molar-refractivity contribution in [2.45, 2.75) is 32.2 Å². The van der Waals surface area contributed by atoms with Gasteiger partial charge in [-0.1, -0.05) is 36.1 Å². The smallest absolute Gasteiger partial charge is 0.350 e. The van der Waals surface area contributed by atoms with Gasteiger partial charge in [-0.15, -0.1) is 0 Å². The number of rotatable bonds is 7. The highest BCUT2D eigenvalue weighted by Gasteiger charge is 2.18. The van der Waals surface area contributed by atoms with Crippen molar-refractivity contribution in [3.05, 3.63) is 46.0 Å². The van der Waals surface area contributed by atoms with E-state index in [2.05, 4.69) is 28.3 Å². The first-order chi connectivity index (χ1) is 14.4. The van der Waals surface area contributed by atoms with Gasteiger partial charge >= 0.3 is 5.97 Å². The van der Waals surface area contributed by atoms with Crippen LogP contribution in [0.25, 0.3) is 10.9 Å². The van der Waals surface area contributed by atoms with Gasteiger partial charge in [-0.3, -0.25) is 4.79 Å². The van der Waals surface area contributed by atoms with Gasteiger partial charge in [-0.2, -0.15) is 5.26 Å². The Morgan fingerprint density at radius 1 is 1.27 bits per heavy atom. The number of hydrogen-bond acceptors (Lipinski definition) is 8. The van der Waals surface area contributed by atoms with Crippen molar-refractivity contribution in [1.82, 2.24) is 9.97 Å². The summed E-state index contributed by atoms with van der Waals surface area (Å²) in [4.78, 5) is 33.4. The molecule has 1 N–H and O–H groups in total. The molecular weight excluding hydrogens is 420 g/mol. The number of pyridine rings is 1. The van der Waals surface area contributed by atoms with Crippen molar-refractivity contribution in [3.8, 4) is 6.07 Å². The van der Waals surface area contributed by atoms with E-state index in [1.54, 1.807) is 19.9 Å². The highest BCUT2D eigenvalue weighted by molar-refractivity contribution is 8.00. The second-order valence-electron chi connectivity index (χ2n) is 6.32. The van der Waals surface area contributed by atoms with E-state index in [-0.39, 0.29) is 18.3 Å². The summed E-state index contributed by atoms with van der Waals surface area (Å²) in [7, 11) is 0. The first kappa shape index (κ1) is 21.7. The summed E-state index contributed by atoms with van der Waals surface area (Å²) in [6.07, 6.45) is 0.905. The van der Waals surface area contributed by atoms with E-state index in [1.807, 2.05) is 18.2 Å². The monoisotopic (exact) mass is 440 g/mol. The molecule has 0 aliphatic heterocycles. The lowest BCUT2D eigenvalue weighted by atomic mass is 10.1. The first-order valence-corrected chi connectivity index (χ1v) is 11.2. The van der Waals surface area contributed by atoms with Gasteiger partial charge in [0.05, 0.1) is 29.1 Å². The van der Waals surface area contributed by atoms with Crippen LogP contribution in [0.1, 0.15) is 40.3 Å². The van der Waals surface area contributed by atoms with Gasteiger partial charge in [0, 0.05) is 5.39 Å². The van der Waals surface area contributed by atoms with Crippen LogP contribution in [0.5, 0.6) is 0 Å². The van der Waals surface area contributed by atoms with Gasteiger partial charge in [0.2, 0.25) is 5.91 Å². The number of aromatic nitrogens is 2. The summed E-state index contributed by atoms with van der Waals surface area (Å²) in [5.41, 5.74) is 2.90. The van der Waals surface area contributed by atoms with Crippen molar-refractivity contribution in [2.24, 2.45) is 0 Å².